The van der Waals surface area contributed by atoms with Crippen LogP contribution in [0.4, 0.5) is 5.00 Å². The minimum Gasteiger partial charge on any atom is -0.462 e. The summed E-state index contributed by atoms with van der Waals surface area (Å²) in [7, 11) is 0. The number of fused-ring (bicyclic) bond motifs is 1. The number of nitrogens with zero attached hydrogens (tertiary/aromatic N) is 3. The lowest BCUT2D eigenvalue weighted by atomic mass is 9.94. The van der Waals surface area contributed by atoms with E-state index < -0.39 is 5.97 Å². The fourth-order valence-corrected chi connectivity index (χ4v) is 7.64. The third kappa shape index (κ3) is 6.14. The summed E-state index contributed by atoms with van der Waals surface area (Å²) in [4.78, 5) is 54.0. The fraction of sp³-hybridized carbons (Fsp3) is 0.375. The SMILES string of the molecule is CCOC(=O)c1c(NC(=O)CSc2nnc(CCCCCN3C(=O)c4cccc5cccc(c45)C3=O)o2)sc2c1CCCC2. The molecule has 1 aliphatic carbocycles. The number of unbranched alkanes of at least 4 members (excludes halogenated alkanes) is 2. The highest BCUT2D eigenvalue weighted by atomic mass is 32.2. The summed E-state index contributed by atoms with van der Waals surface area (Å²) < 4.78 is 11.0. The number of thiophene rings is 1. The predicted octanol–water partition coefficient (Wildman–Crippen LogP) is 6.08. The summed E-state index contributed by atoms with van der Waals surface area (Å²) in [5.74, 6) is -0.640. The number of hydrogen-bond acceptors (Lipinski definition) is 10. The molecule has 0 saturated heterocycles. The van der Waals surface area contributed by atoms with Gasteiger partial charge in [0.05, 0.1) is 17.9 Å². The van der Waals surface area contributed by atoms with Crippen molar-refractivity contribution < 1.29 is 28.3 Å². The highest BCUT2D eigenvalue weighted by molar-refractivity contribution is 7.99. The van der Waals surface area contributed by atoms with E-state index in [0.717, 1.165) is 71.5 Å². The van der Waals surface area contributed by atoms with Gasteiger partial charge in [-0.2, -0.15) is 0 Å². The average Bonchev–Trinajstić information content (AvgIpc) is 3.64. The van der Waals surface area contributed by atoms with E-state index in [-0.39, 0.29) is 30.1 Å². The van der Waals surface area contributed by atoms with Crippen LogP contribution in [-0.2, 0) is 28.8 Å². The summed E-state index contributed by atoms with van der Waals surface area (Å²) in [5.41, 5.74) is 2.62. The van der Waals surface area contributed by atoms with Crippen LogP contribution in [0.1, 0.15) is 86.4 Å². The highest BCUT2D eigenvalue weighted by Gasteiger charge is 2.32. The Hall–Kier alpha value is -4.03. The maximum Gasteiger partial charge on any atom is 0.341 e. The number of carbonyl (C=O) groups excluding carboxylic acids is 4. The number of aryl methyl sites for hydroxylation is 2. The Morgan fingerprint density at radius 3 is 2.52 bits per heavy atom. The van der Waals surface area contributed by atoms with Crippen molar-refractivity contribution in [1.82, 2.24) is 15.1 Å². The second kappa shape index (κ2) is 13.3. The number of esters is 1. The predicted molar refractivity (Wildman–Crippen MR) is 167 cm³/mol. The van der Waals surface area contributed by atoms with Gasteiger partial charge in [-0.1, -0.05) is 42.4 Å². The average molecular weight is 633 g/mol. The number of anilines is 1. The molecule has 2 aromatic heterocycles. The van der Waals surface area contributed by atoms with E-state index in [9.17, 15) is 19.2 Å². The van der Waals surface area contributed by atoms with Gasteiger partial charge in [0.1, 0.15) is 5.00 Å². The van der Waals surface area contributed by atoms with Crippen molar-refractivity contribution in [2.24, 2.45) is 0 Å². The normalized spacial score (nSPS) is 14.2. The molecule has 0 saturated carbocycles. The van der Waals surface area contributed by atoms with E-state index in [1.165, 1.54) is 16.2 Å². The van der Waals surface area contributed by atoms with Gasteiger partial charge in [0.2, 0.25) is 11.8 Å². The van der Waals surface area contributed by atoms with Crippen molar-refractivity contribution in [1.29, 1.82) is 0 Å². The first-order valence-electron chi connectivity index (χ1n) is 14.9. The Morgan fingerprint density at radius 2 is 1.77 bits per heavy atom. The second-order valence-electron chi connectivity index (χ2n) is 10.7. The Labute approximate surface area is 262 Å². The van der Waals surface area contributed by atoms with Gasteiger partial charge >= 0.3 is 5.97 Å². The monoisotopic (exact) mass is 632 g/mol. The zero-order chi connectivity index (χ0) is 30.6. The number of rotatable bonds is 12. The molecule has 6 rings (SSSR count). The minimum atomic E-state index is -0.395. The highest BCUT2D eigenvalue weighted by Crippen LogP contribution is 2.39. The quantitative estimate of drug-likeness (QED) is 0.0854. The minimum absolute atomic E-state index is 0.0568. The van der Waals surface area contributed by atoms with E-state index in [4.69, 9.17) is 9.15 Å². The largest absolute Gasteiger partial charge is 0.462 e. The van der Waals surface area contributed by atoms with Crippen molar-refractivity contribution in [2.45, 2.75) is 63.5 Å². The molecule has 10 nitrogen and oxygen atoms in total. The van der Waals surface area contributed by atoms with Gasteiger partial charge in [0.15, 0.2) is 0 Å². The first-order valence-corrected chi connectivity index (χ1v) is 16.7. The molecule has 12 heteroatoms. The van der Waals surface area contributed by atoms with Crippen molar-refractivity contribution >= 4 is 62.6 Å². The molecule has 1 aliphatic heterocycles. The first-order chi connectivity index (χ1) is 21.4. The molecule has 3 amide bonds. The van der Waals surface area contributed by atoms with Crippen LogP contribution in [0.5, 0.6) is 0 Å². The van der Waals surface area contributed by atoms with Crippen LogP contribution >= 0.6 is 23.1 Å². The van der Waals surface area contributed by atoms with Gasteiger partial charge in [-0.05, 0) is 68.5 Å². The van der Waals surface area contributed by atoms with Gasteiger partial charge < -0.3 is 14.5 Å². The number of nitrogens with one attached hydrogen (secondary N) is 1. The molecule has 2 aliphatic rings. The molecular weight excluding hydrogens is 601 g/mol. The number of thioether (sulfide) groups is 1. The Balaban J connectivity index is 0.961. The number of carbonyl (C=O) groups is 4. The van der Waals surface area contributed by atoms with Crippen LogP contribution < -0.4 is 5.32 Å². The number of amides is 3. The number of aromatic nitrogens is 2. The number of benzene rings is 2. The number of hydrogen-bond donors (Lipinski definition) is 1. The molecule has 0 bridgehead atoms. The first kappa shape index (κ1) is 30.0. The van der Waals surface area contributed by atoms with Gasteiger partial charge in [0, 0.05) is 34.4 Å². The molecule has 228 valence electrons. The summed E-state index contributed by atoms with van der Waals surface area (Å²) in [5, 5.41) is 13.5. The number of imide groups is 1. The van der Waals surface area contributed by atoms with Crippen molar-refractivity contribution in [2.75, 3.05) is 24.2 Å². The summed E-state index contributed by atoms with van der Waals surface area (Å²) in [6.07, 6.45) is 6.53. The van der Waals surface area contributed by atoms with Gasteiger partial charge in [-0.3, -0.25) is 19.3 Å². The molecular formula is C32H32N4O6S2. The van der Waals surface area contributed by atoms with E-state index in [2.05, 4.69) is 15.5 Å². The topological polar surface area (TPSA) is 132 Å². The van der Waals surface area contributed by atoms with Gasteiger partial charge in [0.25, 0.3) is 17.0 Å². The molecule has 0 spiro atoms. The van der Waals surface area contributed by atoms with Crippen LogP contribution in [0, 0.1) is 0 Å². The standard InChI is InChI=1S/C32H32N4O6S2/c1-2-41-31(40)27-20-12-5-6-15-23(20)44-28(27)33-24(37)18-43-32-35-34-25(42-32)16-4-3-7-17-36-29(38)21-13-8-10-19-11-9-14-22(26(19)21)30(36)39/h8-11,13-14H,2-7,12,15-18H2,1H3,(H,33,37). The van der Waals surface area contributed by atoms with Gasteiger partial charge in [-0.25, -0.2) is 4.79 Å². The van der Waals surface area contributed by atoms with E-state index in [0.29, 0.717) is 52.2 Å². The molecule has 0 radical (unpaired) electrons. The fourth-order valence-electron chi connectivity index (χ4n) is 5.77. The molecule has 0 fully saturated rings. The summed E-state index contributed by atoms with van der Waals surface area (Å²) in [6, 6.07) is 11.1. The van der Waals surface area contributed by atoms with Crippen molar-refractivity contribution in [3.8, 4) is 0 Å². The lowest BCUT2D eigenvalue weighted by molar-refractivity contribution is -0.113. The zero-order valence-corrected chi connectivity index (χ0v) is 26.0. The maximum atomic E-state index is 13.1. The molecule has 4 aromatic rings. The Kier molecular flexibility index (Phi) is 9.08. The zero-order valence-electron chi connectivity index (χ0n) is 24.3. The molecule has 0 unspecified atom stereocenters. The van der Waals surface area contributed by atoms with Crippen LogP contribution in [0.3, 0.4) is 0 Å². The lowest BCUT2D eigenvalue weighted by Gasteiger charge is -2.27. The smallest absolute Gasteiger partial charge is 0.341 e. The lowest BCUT2D eigenvalue weighted by Crippen LogP contribution is -2.40. The third-order valence-corrected chi connectivity index (χ3v) is 9.83. The molecule has 1 N–H and O–H groups in total. The molecule has 44 heavy (non-hydrogen) atoms. The second-order valence-corrected chi connectivity index (χ2v) is 12.7. The summed E-state index contributed by atoms with van der Waals surface area (Å²) in [6.45, 7) is 2.38. The van der Waals surface area contributed by atoms with E-state index >= 15 is 0 Å². The van der Waals surface area contributed by atoms with Gasteiger partial charge in [-0.15, -0.1) is 21.5 Å². The summed E-state index contributed by atoms with van der Waals surface area (Å²) >= 11 is 2.59. The van der Waals surface area contributed by atoms with Crippen LogP contribution in [0.2, 0.25) is 0 Å². The van der Waals surface area contributed by atoms with Crippen molar-refractivity contribution in [3.05, 3.63) is 69.4 Å². The van der Waals surface area contributed by atoms with Crippen LogP contribution in [-0.4, -0.2) is 57.7 Å². The Bertz CT molecular complexity index is 1690. The maximum absolute atomic E-state index is 13.1. The molecule has 0 atom stereocenters. The Morgan fingerprint density at radius 1 is 1.02 bits per heavy atom. The van der Waals surface area contributed by atoms with Crippen LogP contribution in [0.15, 0.2) is 46.0 Å². The van der Waals surface area contributed by atoms with Crippen LogP contribution in [0.25, 0.3) is 10.8 Å². The van der Waals surface area contributed by atoms with E-state index in [1.54, 1.807) is 19.1 Å². The molecule has 3 heterocycles. The number of ether oxygens (including phenoxy) is 1. The van der Waals surface area contributed by atoms with E-state index in [1.807, 2.05) is 24.3 Å². The third-order valence-electron chi connectivity index (χ3n) is 7.81. The molecule has 2 aromatic carbocycles. The van der Waals surface area contributed by atoms with Crippen molar-refractivity contribution in [3.63, 3.8) is 0 Å².